The lowest BCUT2D eigenvalue weighted by molar-refractivity contribution is 1.18. The number of benzene rings is 7. The van der Waals surface area contributed by atoms with Gasteiger partial charge in [-0.2, -0.15) is 10.5 Å². The number of para-hydroxylation sites is 4. The Kier molecular flexibility index (Phi) is 6.22. The number of rotatable bonds is 4. The molecule has 0 aliphatic heterocycles. The summed E-state index contributed by atoms with van der Waals surface area (Å²) in [5, 5.41) is 24.5. The minimum Gasteiger partial charge on any atom is -0.309 e. The fourth-order valence-electron chi connectivity index (χ4n) is 7.32. The maximum Gasteiger partial charge on any atom is 0.0998 e. The van der Waals surface area contributed by atoms with Gasteiger partial charge >= 0.3 is 0 Å². The molecule has 0 atom stereocenters. The van der Waals surface area contributed by atoms with Crippen LogP contribution in [0, 0.1) is 22.7 Å². The van der Waals surface area contributed by atoms with E-state index in [0.29, 0.717) is 11.1 Å². The molecule has 2 heterocycles. The molecule has 0 saturated heterocycles. The molecule has 9 aromatic rings. The molecule has 4 heteroatoms. The van der Waals surface area contributed by atoms with E-state index >= 15 is 0 Å². The zero-order chi connectivity index (χ0) is 32.2. The molecule has 4 nitrogen and oxygen atoms in total. The summed E-state index contributed by atoms with van der Waals surface area (Å²) in [7, 11) is 0. The van der Waals surface area contributed by atoms with Gasteiger partial charge in [-0.3, -0.25) is 0 Å². The molecule has 7 aromatic carbocycles. The fourth-order valence-corrected chi connectivity index (χ4v) is 7.32. The lowest BCUT2D eigenvalue weighted by Gasteiger charge is -2.15. The van der Waals surface area contributed by atoms with Gasteiger partial charge in [0.1, 0.15) is 0 Å². The van der Waals surface area contributed by atoms with Crippen molar-refractivity contribution in [3.63, 3.8) is 0 Å². The highest BCUT2D eigenvalue weighted by Crippen LogP contribution is 2.38. The minimum atomic E-state index is 0.607. The third-order valence-electron chi connectivity index (χ3n) is 9.43. The molecule has 0 radical (unpaired) electrons. The van der Waals surface area contributed by atoms with Crippen LogP contribution in [-0.4, -0.2) is 9.13 Å². The molecular formula is C44H26N4. The number of hydrogen-bond donors (Lipinski definition) is 0. The van der Waals surface area contributed by atoms with Gasteiger partial charge < -0.3 is 9.13 Å². The summed E-state index contributed by atoms with van der Waals surface area (Å²) in [5.74, 6) is 0. The smallest absolute Gasteiger partial charge is 0.0998 e. The Labute approximate surface area is 277 Å². The first-order valence-corrected chi connectivity index (χ1v) is 15.9. The van der Waals surface area contributed by atoms with Crippen LogP contribution >= 0.6 is 0 Å². The van der Waals surface area contributed by atoms with Crippen molar-refractivity contribution in [1.29, 1.82) is 10.5 Å². The Morgan fingerprint density at radius 2 is 0.938 bits per heavy atom. The number of nitrogens with zero attached hydrogens (tertiary/aromatic N) is 4. The van der Waals surface area contributed by atoms with Crippen LogP contribution in [-0.2, 0) is 0 Å². The van der Waals surface area contributed by atoms with E-state index in [4.69, 9.17) is 0 Å². The number of hydrogen-bond acceptors (Lipinski definition) is 2. The highest BCUT2D eigenvalue weighted by Gasteiger charge is 2.18. The third-order valence-corrected chi connectivity index (χ3v) is 9.43. The lowest BCUT2D eigenvalue weighted by atomic mass is 9.96. The summed E-state index contributed by atoms with van der Waals surface area (Å²) in [4.78, 5) is 0. The monoisotopic (exact) mass is 610 g/mol. The molecule has 0 fully saturated rings. The molecule has 0 aliphatic rings. The zero-order valence-electron chi connectivity index (χ0n) is 25.8. The van der Waals surface area contributed by atoms with Crippen molar-refractivity contribution in [1.82, 2.24) is 9.13 Å². The summed E-state index contributed by atoms with van der Waals surface area (Å²) in [6, 6.07) is 58.9. The van der Waals surface area contributed by atoms with E-state index < -0.39 is 0 Å². The summed E-state index contributed by atoms with van der Waals surface area (Å²) in [5.41, 5.74) is 11.7. The Bertz CT molecular complexity index is 2750. The summed E-state index contributed by atoms with van der Waals surface area (Å²) in [6.07, 6.45) is 0. The van der Waals surface area contributed by atoms with Crippen molar-refractivity contribution < 1.29 is 0 Å². The predicted molar refractivity (Wildman–Crippen MR) is 195 cm³/mol. The second-order valence-corrected chi connectivity index (χ2v) is 12.0. The standard InChI is InChI=1S/C44H26N4/c45-27-31-24-25-33(47-42-18-8-4-14-37(42)44-32(28-46)10-9-19-43(44)47)26-38(31)30-22-20-29(21-23-30)34-11-1-5-15-39(34)48-40-16-6-2-12-35(40)36-13-3-7-17-41(36)48/h1-26H. The molecule has 48 heavy (non-hydrogen) atoms. The highest BCUT2D eigenvalue weighted by atomic mass is 15.0. The van der Waals surface area contributed by atoms with E-state index in [-0.39, 0.29) is 0 Å². The maximum atomic E-state index is 10.2. The topological polar surface area (TPSA) is 57.4 Å². The van der Waals surface area contributed by atoms with Crippen LogP contribution < -0.4 is 0 Å². The van der Waals surface area contributed by atoms with Gasteiger partial charge in [-0.1, -0.05) is 103 Å². The Morgan fingerprint density at radius 3 is 1.60 bits per heavy atom. The third kappa shape index (κ3) is 4.07. The Balaban J connectivity index is 1.18. The van der Waals surface area contributed by atoms with E-state index in [0.717, 1.165) is 55.4 Å². The molecule has 0 bridgehead atoms. The van der Waals surface area contributed by atoms with Crippen molar-refractivity contribution >= 4 is 43.6 Å². The number of fused-ring (bicyclic) bond motifs is 6. The van der Waals surface area contributed by atoms with Gasteiger partial charge in [-0.25, -0.2) is 0 Å². The average molecular weight is 611 g/mol. The molecule has 0 unspecified atom stereocenters. The van der Waals surface area contributed by atoms with Crippen LogP contribution in [0.5, 0.6) is 0 Å². The molecule has 222 valence electrons. The van der Waals surface area contributed by atoms with Gasteiger partial charge in [0, 0.05) is 38.4 Å². The summed E-state index contributed by atoms with van der Waals surface area (Å²) in [6.45, 7) is 0. The van der Waals surface area contributed by atoms with Crippen LogP contribution in [0.25, 0.3) is 77.2 Å². The summed E-state index contributed by atoms with van der Waals surface area (Å²) < 4.78 is 4.54. The molecule has 9 rings (SSSR count). The molecule has 0 spiro atoms. The molecule has 0 amide bonds. The predicted octanol–water partition coefficient (Wildman–Crippen LogP) is 11.0. The van der Waals surface area contributed by atoms with Crippen molar-refractivity contribution in [3.05, 3.63) is 169 Å². The lowest BCUT2D eigenvalue weighted by Crippen LogP contribution is -1.97. The second-order valence-electron chi connectivity index (χ2n) is 12.0. The first-order chi connectivity index (χ1) is 23.7. The van der Waals surface area contributed by atoms with Crippen LogP contribution in [0.15, 0.2) is 158 Å². The van der Waals surface area contributed by atoms with Crippen LogP contribution in [0.2, 0.25) is 0 Å². The summed E-state index contributed by atoms with van der Waals surface area (Å²) >= 11 is 0. The second kappa shape index (κ2) is 10.9. The quantitative estimate of drug-likeness (QED) is 0.199. The minimum absolute atomic E-state index is 0.607. The largest absolute Gasteiger partial charge is 0.309 e. The molecule has 2 aromatic heterocycles. The Morgan fingerprint density at radius 1 is 0.396 bits per heavy atom. The normalized spacial score (nSPS) is 11.3. The van der Waals surface area contributed by atoms with Crippen molar-refractivity contribution in [2.45, 2.75) is 0 Å². The molecule has 0 saturated carbocycles. The SMILES string of the molecule is N#Cc1ccc(-n2c3ccccc3c3c(C#N)cccc32)cc1-c1ccc(-c2ccccc2-n2c3ccccc3c3ccccc32)cc1. The van der Waals surface area contributed by atoms with E-state index in [2.05, 4.69) is 143 Å². The van der Waals surface area contributed by atoms with Crippen LogP contribution in [0.4, 0.5) is 0 Å². The highest BCUT2D eigenvalue weighted by molar-refractivity contribution is 6.12. The zero-order valence-corrected chi connectivity index (χ0v) is 25.8. The van der Waals surface area contributed by atoms with Gasteiger partial charge in [0.2, 0.25) is 0 Å². The maximum absolute atomic E-state index is 10.2. The van der Waals surface area contributed by atoms with Crippen molar-refractivity contribution in [3.8, 4) is 45.8 Å². The van der Waals surface area contributed by atoms with E-state index in [1.165, 1.54) is 21.8 Å². The van der Waals surface area contributed by atoms with Crippen molar-refractivity contribution in [2.24, 2.45) is 0 Å². The van der Waals surface area contributed by atoms with E-state index in [1.807, 2.05) is 36.4 Å². The molecule has 0 N–H and O–H groups in total. The molecule has 0 aliphatic carbocycles. The molecular weight excluding hydrogens is 585 g/mol. The number of nitriles is 2. The van der Waals surface area contributed by atoms with Crippen LogP contribution in [0.3, 0.4) is 0 Å². The first-order valence-electron chi connectivity index (χ1n) is 15.9. The van der Waals surface area contributed by atoms with Crippen LogP contribution in [0.1, 0.15) is 11.1 Å². The van der Waals surface area contributed by atoms with Gasteiger partial charge in [-0.15, -0.1) is 0 Å². The first kappa shape index (κ1) is 27.4. The van der Waals surface area contributed by atoms with Gasteiger partial charge in [0.15, 0.2) is 0 Å². The van der Waals surface area contributed by atoms with E-state index in [1.54, 1.807) is 0 Å². The van der Waals surface area contributed by atoms with Gasteiger partial charge in [0.05, 0.1) is 51.0 Å². The Hall–Kier alpha value is -6.88. The average Bonchev–Trinajstić information content (AvgIpc) is 3.68. The van der Waals surface area contributed by atoms with Gasteiger partial charge in [-0.05, 0) is 65.7 Å². The van der Waals surface area contributed by atoms with Gasteiger partial charge in [0.25, 0.3) is 0 Å². The van der Waals surface area contributed by atoms with Crippen molar-refractivity contribution in [2.75, 3.05) is 0 Å². The van der Waals surface area contributed by atoms with E-state index in [9.17, 15) is 10.5 Å². The fraction of sp³-hybridized carbons (Fsp3) is 0. The number of aromatic nitrogens is 2.